The van der Waals surface area contributed by atoms with Gasteiger partial charge >= 0.3 is 0 Å². The predicted octanol–water partition coefficient (Wildman–Crippen LogP) is 1.82. The molecule has 1 N–H and O–H groups in total. The maximum atomic E-state index is 12.2. The Morgan fingerprint density at radius 3 is 2.94 bits per heavy atom. The molecule has 0 fully saturated rings. The Labute approximate surface area is 108 Å². The van der Waals surface area contributed by atoms with Crippen molar-refractivity contribution in [3.05, 3.63) is 21.9 Å². The van der Waals surface area contributed by atoms with Crippen LogP contribution >= 0.6 is 11.3 Å². The normalized spacial score (nSPS) is 10.1. The Balaban J connectivity index is 2.81. The van der Waals surface area contributed by atoms with E-state index in [0.29, 0.717) is 16.9 Å². The average molecular weight is 273 g/mol. The van der Waals surface area contributed by atoms with Crippen LogP contribution in [0.15, 0.2) is 11.4 Å². The third kappa shape index (κ3) is 4.09. The molecule has 6 heteroatoms. The molecule has 0 spiro atoms. The van der Waals surface area contributed by atoms with Crippen LogP contribution in [0, 0.1) is 11.8 Å². The Morgan fingerprint density at radius 2 is 2.33 bits per heavy atom. The van der Waals surface area contributed by atoms with Gasteiger partial charge in [0.15, 0.2) is 0 Å². The summed E-state index contributed by atoms with van der Waals surface area (Å²) in [5.74, 6) is 4.99. The molecular formula is C12H13F2NO2S. The number of aliphatic hydroxyl groups excluding tert-OH is 1. The molecule has 1 aromatic rings. The zero-order valence-electron chi connectivity index (χ0n) is 9.82. The van der Waals surface area contributed by atoms with Gasteiger partial charge in [0, 0.05) is 19.0 Å². The minimum atomic E-state index is -2.55. The molecule has 0 saturated carbocycles. The Hall–Kier alpha value is -1.45. The van der Waals surface area contributed by atoms with E-state index in [9.17, 15) is 13.6 Å². The minimum Gasteiger partial charge on any atom is -0.395 e. The van der Waals surface area contributed by atoms with Gasteiger partial charge in [-0.15, -0.1) is 11.3 Å². The zero-order valence-corrected chi connectivity index (χ0v) is 10.6. The molecular weight excluding hydrogens is 260 g/mol. The van der Waals surface area contributed by atoms with Gasteiger partial charge in [0.25, 0.3) is 12.3 Å². The maximum Gasteiger partial charge on any atom is 0.265 e. The molecule has 0 atom stereocenters. The summed E-state index contributed by atoms with van der Waals surface area (Å²) in [6.07, 6.45) is -2.24. The molecule has 1 heterocycles. The fourth-order valence-electron chi connectivity index (χ4n) is 1.25. The van der Waals surface area contributed by atoms with Gasteiger partial charge in [-0.05, 0) is 11.4 Å². The quantitative estimate of drug-likeness (QED) is 0.850. The van der Waals surface area contributed by atoms with E-state index in [1.165, 1.54) is 18.4 Å². The standard InChI is InChI=1S/C12H13F2NO2S/c1-15(8-10(13)14)12(17)11-9(5-7-18-11)4-2-3-6-16/h5,7,10,16H,3,6,8H2,1H3. The van der Waals surface area contributed by atoms with E-state index in [0.717, 1.165) is 4.90 Å². The second-order valence-electron chi connectivity index (χ2n) is 3.52. The number of aliphatic hydroxyl groups is 1. The van der Waals surface area contributed by atoms with Crippen LogP contribution in [0.5, 0.6) is 0 Å². The fraction of sp³-hybridized carbons (Fsp3) is 0.417. The van der Waals surface area contributed by atoms with Crippen molar-refractivity contribution in [2.45, 2.75) is 12.8 Å². The van der Waals surface area contributed by atoms with Crippen LogP contribution < -0.4 is 0 Å². The van der Waals surface area contributed by atoms with Crippen molar-refractivity contribution in [2.75, 3.05) is 20.2 Å². The zero-order chi connectivity index (χ0) is 13.5. The number of rotatable bonds is 4. The lowest BCUT2D eigenvalue weighted by Gasteiger charge is -2.15. The smallest absolute Gasteiger partial charge is 0.265 e. The summed E-state index contributed by atoms with van der Waals surface area (Å²) < 4.78 is 24.4. The molecule has 0 bridgehead atoms. The first-order chi connectivity index (χ1) is 8.56. The molecule has 0 radical (unpaired) electrons. The molecule has 1 aromatic heterocycles. The van der Waals surface area contributed by atoms with E-state index in [1.54, 1.807) is 11.4 Å². The highest BCUT2D eigenvalue weighted by atomic mass is 32.1. The van der Waals surface area contributed by atoms with Crippen LogP contribution in [-0.4, -0.2) is 42.5 Å². The molecule has 3 nitrogen and oxygen atoms in total. The predicted molar refractivity (Wildman–Crippen MR) is 65.9 cm³/mol. The lowest BCUT2D eigenvalue weighted by Crippen LogP contribution is -2.31. The minimum absolute atomic E-state index is 0.0499. The van der Waals surface area contributed by atoms with Crippen molar-refractivity contribution in [3.8, 4) is 11.8 Å². The first-order valence-corrected chi connectivity index (χ1v) is 6.15. The van der Waals surface area contributed by atoms with E-state index in [1.807, 2.05) is 0 Å². The number of carbonyl (C=O) groups is 1. The Morgan fingerprint density at radius 1 is 1.61 bits per heavy atom. The lowest BCUT2D eigenvalue weighted by atomic mass is 10.2. The second kappa shape index (κ2) is 7.09. The van der Waals surface area contributed by atoms with Gasteiger partial charge in [0.1, 0.15) is 4.88 Å². The molecule has 0 aliphatic heterocycles. The number of hydrogen-bond acceptors (Lipinski definition) is 3. The van der Waals surface area contributed by atoms with E-state index in [2.05, 4.69) is 11.8 Å². The SMILES string of the molecule is CN(CC(F)F)C(=O)c1sccc1C#CCCO. The van der Waals surface area contributed by atoms with E-state index < -0.39 is 18.9 Å². The summed E-state index contributed by atoms with van der Waals surface area (Å²) in [5, 5.41) is 10.3. The van der Waals surface area contributed by atoms with E-state index in [-0.39, 0.29) is 6.61 Å². The van der Waals surface area contributed by atoms with E-state index in [4.69, 9.17) is 5.11 Å². The van der Waals surface area contributed by atoms with Crippen LogP contribution in [0.25, 0.3) is 0 Å². The molecule has 0 aliphatic carbocycles. The number of carbonyl (C=O) groups excluding carboxylic acids is 1. The molecule has 1 rings (SSSR count). The van der Waals surface area contributed by atoms with E-state index >= 15 is 0 Å². The summed E-state index contributed by atoms with van der Waals surface area (Å²) in [6.45, 7) is -0.647. The largest absolute Gasteiger partial charge is 0.395 e. The first kappa shape index (κ1) is 14.6. The average Bonchev–Trinajstić information content (AvgIpc) is 2.75. The van der Waals surface area contributed by atoms with Crippen molar-refractivity contribution in [1.29, 1.82) is 0 Å². The third-order valence-electron chi connectivity index (χ3n) is 2.08. The second-order valence-corrected chi connectivity index (χ2v) is 4.43. The molecule has 1 amide bonds. The maximum absolute atomic E-state index is 12.2. The Bertz CT molecular complexity index is 462. The summed E-state index contributed by atoms with van der Waals surface area (Å²) >= 11 is 1.17. The van der Waals surface area contributed by atoms with Crippen LogP contribution in [0.4, 0.5) is 8.78 Å². The number of thiophene rings is 1. The van der Waals surface area contributed by atoms with Crippen molar-refractivity contribution >= 4 is 17.2 Å². The van der Waals surface area contributed by atoms with Crippen LogP contribution in [-0.2, 0) is 0 Å². The highest BCUT2D eigenvalue weighted by molar-refractivity contribution is 7.12. The van der Waals surface area contributed by atoms with Crippen molar-refractivity contribution in [1.82, 2.24) is 4.90 Å². The molecule has 0 aromatic carbocycles. The van der Waals surface area contributed by atoms with Gasteiger partial charge in [0.05, 0.1) is 13.2 Å². The van der Waals surface area contributed by atoms with Gasteiger partial charge in [-0.2, -0.15) is 0 Å². The first-order valence-electron chi connectivity index (χ1n) is 5.27. The number of nitrogens with zero attached hydrogens (tertiary/aromatic N) is 1. The van der Waals surface area contributed by atoms with Gasteiger partial charge in [-0.3, -0.25) is 4.79 Å². The highest BCUT2D eigenvalue weighted by Gasteiger charge is 2.19. The van der Waals surface area contributed by atoms with Crippen LogP contribution in [0.2, 0.25) is 0 Å². The summed E-state index contributed by atoms with van der Waals surface area (Å²) in [4.78, 5) is 13.2. The van der Waals surface area contributed by atoms with Gasteiger partial charge in [-0.25, -0.2) is 8.78 Å². The number of amides is 1. The molecule has 0 unspecified atom stereocenters. The molecule has 98 valence electrons. The highest BCUT2D eigenvalue weighted by Crippen LogP contribution is 2.18. The Kier molecular flexibility index (Phi) is 5.75. The topological polar surface area (TPSA) is 40.5 Å². The monoisotopic (exact) mass is 273 g/mol. The number of halogens is 2. The molecule has 0 aliphatic rings. The van der Waals surface area contributed by atoms with Gasteiger partial charge < -0.3 is 10.0 Å². The fourth-order valence-corrected chi connectivity index (χ4v) is 2.09. The summed E-state index contributed by atoms with van der Waals surface area (Å²) in [5.41, 5.74) is 0.513. The summed E-state index contributed by atoms with van der Waals surface area (Å²) in [6, 6.07) is 1.67. The van der Waals surface area contributed by atoms with Crippen molar-refractivity contribution < 1.29 is 18.7 Å². The number of hydrogen-bond donors (Lipinski definition) is 1. The van der Waals surface area contributed by atoms with Crippen molar-refractivity contribution in [3.63, 3.8) is 0 Å². The third-order valence-corrected chi connectivity index (χ3v) is 2.98. The number of alkyl halides is 2. The van der Waals surface area contributed by atoms with Gasteiger partial charge in [0.2, 0.25) is 0 Å². The van der Waals surface area contributed by atoms with Gasteiger partial charge in [-0.1, -0.05) is 11.8 Å². The van der Waals surface area contributed by atoms with Crippen LogP contribution in [0.1, 0.15) is 21.7 Å². The summed E-state index contributed by atoms with van der Waals surface area (Å²) in [7, 11) is 1.33. The molecule has 18 heavy (non-hydrogen) atoms. The van der Waals surface area contributed by atoms with Crippen molar-refractivity contribution in [2.24, 2.45) is 0 Å². The molecule has 0 saturated heterocycles. The van der Waals surface area contributed by atoms with Crippen LogP contribution in [0.3, 0.4) is 0 Å². The lowest BCUT2D eigenvalue weighted by molar-refractivity contribution is 0.0624.